The molecule has 0 spiro atoms. The molecule has 2 rings (SSSR count). The highest BCUT2D eigenvalue weighted by Crippen LogP contribution is 2.32. The molecule has 0 fully saturated rings. The van der Waals surface area contributed by atoms with E-state index in [-0.39, 0.29) is 6.04 Å². The highest BCUT2D eigenvalue weighted by molar-refractivity contribution is 9.10. The normalized spacial score (nSPS) is 12.9. The summed E-state index contributed by atoms with van der Waals surface area (Å²) in [5.74, 6) is 0.705. The molecular formula is C12H15BrN2OS. The maximum Gasteiger partial charge on any atom is 0.191 e. The molecular weight excluding hydrogens is 300 g/mol. The van der Waals surface area contributed by atoms with Crippen LogP contribution in [-0.2, 0) is 0 Å². The molecule has 0 aliphatic rings. The smallest absolute Gasteiger partial charge is 0.191 e. The molecule has 5 heteroatoms. The second-order valence-electron chi connectivity index (χ2n) is 3.81. The number of halogens is 1. The molecule has 2 aromatic heterocycles. The zero-order valence-corrected chi connectivity index (χ0v) is 12.3. The van der Waals surface area contributed by atoms with Gasteiger partial charge in [-0.25, -0.2) is 4.98 Å². The molecule has 1 N–H and O–H groups in total. The van der Waals surface area contributed by atoms with Crippen LogP contribution in [-0.4, -0.2) is 11.5 Å². The molecule has 0 aromatic carbocycles. The predicted octanol–water partition coefficient (Wildman–Crippen LogP) is 3.90. The summed E-state index contributed by atoms with van der Waals surface area (Å²) in [6.07, 6.45) is 2.82. The van der Waals surface area contributed by atoms with Crippen LogP contribution >= 0.6 is 27.3 Å². The maximum absolute atomic E-state index is 5.30. The van der Waals surface area contributed by atoms with Crippen molar-refractivity contribution >= 4 is 27.3 Å². The Morgan fingerprint density at radius 3 is 2.94 bits per heavy atom. The fourth-order valence-corrected chi connectivity index (χ4v) is 3.33. The minimum atomic E-state index is 0.113. The van der Waals surface area contributed by atoms with Crippen LogP contribution in [0.4, 0.5) is 0 Å². The third kappa shape index (κ3) is 2.97. The van der Waals surface area contributed by atoms with Crippen LogP contribution in [0.1, 0.15) is 35.8 Å². The third-order valence-corrected chi connectivity index (χ3v) is 4.37. The lowest BCUT2D eigenvalue weighted by molar-refractivity contribution is 0.518. The Labute approximate surface area is 113 Å². The molecule has 0 bridgehead atoms. The molecule has 92 valence electrons. The number of aryl methyl sites for hydroxylation is 1. The van der Waals surface area contributed by atoms with Crippen molar-refractivity contribution in [2.24, 2.45) is 0 Å². The molecule has 2 heterocycles. The summed E-state index contributed by atoms with van der Waals surface area (Å²) in [5.41, 5.74) is 0.944. The fourth-order valence-electron chi connectivity index (χ4n) is 1.64. The van der Waals surface area contributed by atoms with Gasteiger partial charge in [0.1, 0.15) is 12.0 Å². The average Bonchev–Trinajstić information content (AvgIpc) is 2.90. The van der Waals surface area contributed by atoms with Gasteiger partial charge in [-0.2, -0.15) is 0 Å². The highest BCUT2D eigenvalue weighted by Gasteiger charge is 2.20. The van der Waals surface area contributed by atoms with Gasteiger partial charge >= 0.3 is 0 Å². The van der Waals surface area contributed by atoms with E-state index in [0.717, 1.165) is 23.1 Å². The number of rotatable bonds is 5. The van der Waals surface area contributed by atoms with E-state index in [2.05, 4.69) is 44.6 Å². The summed E-state index contributed by atoms with van der Waals surface area (Å²) in [5, 5.41) is 5.58. The molecule has 3 nitrogen and oxygen atoms in total. The molecule has 0 amide bonds. The van der Waals surface area contributed by atoms with Crippen LogP contribution in [0.2, 0.25) is 0 Å². The standard InChI is InChI=1S/C12H15BrN2OS/c1-3-5-14-11(10-7-16-8(2)15-10)12-9(13)4-6-17-12/h4,6-7,11,14H,3,5H2,1-2H3. The van der Waals surface area contributed by atoms with Gasteiger partial charge in [0.2, 0.25) is 0 Å². The Bertz CT molecular complexity index is 480. The van der Waals surface area contributed by atoms with Crippen molar-refractivity contribution in [3.05, 3.63) is 38.6 Å². The van der Waals surface area contributed by atoms with E-state index in [1.165, 1.54) is 4.88 Å². The molecule has 0 aliphatic heterocycles. The first-order valence-electron chi connectivity index (χ1n) is 5.60. The lowest BCUT2D eigenvalue weighted by atomic mass is 10.2. The second-order valence-corrected chi connectivity index (χ2v) is 5.61. The Balaban J connectivity index is 2.28. The minimum Gasteiger partial charge on any atom is -0.449 e. The van der Waals surface area contributed by atoms with E-state index in [1.54, 1.807) is 17.6 Å². The number of nitrogens with one attached hydrogen (secondary N) is 1. The number of hydrogen-bond acceptors (Lipinski definition) is 4. The van der Waals surface area contributed by atoms with Crippen LogP contribution < -0.4 is 5.32 Å². The first kappa shape index (κ1) is 12.8. The number of hydrogen-bond donors (Lipinski definition) is 1. The van der Waals surface area contributed by atoms with Gasteiger partial charge in [0, 0.05) is 16.3 Å². The van der Waals surface area contributed by atoms with Gasteiger partial charge in [-0.1, -0.05) is 6.92 Å². The van der Waals surface area contributed by atoms with Gasteiger partial charge < -0.3 is 9.73 Å². The Kier molecular flexibility index (Phi) is 4.36. The monoisotopic (exact) mass is 314 g/mol. The summed E-state index contributed by atoms with van der Waals surface area (Å²) in [4.78, 5) is 5.66. The van der Waals surface area contributed by atoms with Crippen LogP contribution in [0.15, 0.2) is 26.6 Å². The predicted molar refractivity (Wildman–Crippen MR) is 73.4 cm³/mol. The first-order valence-corrected chi connectivity index (χ1v) is 7.28. The van der Waals surface area contributed by atoms with Crippen LogP contribution in [0.25, 0.3) is 0 Å². The maximum atomic E-state index is 5.30. The minimum absolute atomic E-state index is 0.113. The quantitative estimate of drug-likeness (QED) is 0.909. The van der Waals surface area contributed by atoms with E-state index in [4.69, 9.17) is 4.42 Å². The van der Waals surface area contributed by atoms with Crippen LogP contribution in [0.3, 0.4) is 0 Å². The summed E-state index contributed by atoms with van der Waals surface area (Å²) in [7, 11) is 0. The second kappa shape index (κ2) is 5.80. The van der Waals surface area contributed by atoms with Crippen LogP contribution in [0, 0.1) is 6.92 Å². The molecule has 1 unspecified atom stereocenters. The third-order valence-electron chi connectivity index (χ3n) is 2.44. The topological polar surface area (TPSA) is 38.1 Å². The Hall–Kier alpha value is -0.650. The Morgan fingerprint density at radius 2 is 2.41 bits per heavy atom. The van der Waals surface area contributed by atoms with Crippen molar-refractivity contribution in [1.29, 1.82) is 0 Å². The lowest BCUT2D eigenvalue weighted by Crippen LogP contribution is -2.23. The van der Waals surface area contributed by atoms with Gasteiger partial charge in [-0.05, 0) is 40.3 Å². The van der Waals surface area contributed by atoms with Crippen molar-refractivity contribution in [1.82, 2.24) is 10.3 Å². The number of nitrogens with zero attached hydrogens (tertiary/aromatic N) is 1. The summed E-state index contributed by atoms with van der Waals surface area (Å²) < 4.78 is 6.42. The fraction of sp³-hybridized carbons (Fsp3) is 0.417. The summed E-state index contributed by atoms with van der Waals surface area (Å²) >= 11 is 5.30. The molecule has 0 saturated heterocycles. The molecule has 17 heavy (non-hydrogen) atoms. The number of oxazole rings is 1. The van der Waals surface area contributed by atoms with E-state index < -0.39 is 0 Å². The lowest BCUT2D eigenvalue weighted by Gasteiger charge is -2.15. The summed E-state index contributed by atoms with van der Waals surface area (Å²) in [6, 6.07) is 2.18. The molecule has 2 aromatic rings. The van der Waals surface area contributed by atoms with E-state index in [0.29, 0.717) is 5.89 Å². The van der Waals surface area contributed by atoms with Gasteiger partial charge in [0.25, 0.3) is 0 Å². The van der Waals surface area contributed by atoms with Gasteiger partial charge in [0.15, 0.2) is 5.89 Å². The molecule has 0 saturated carbocycles. The zero-order chi connectivity index (χ0) is 12.3. The van der Waals surface area contributed by atoms with E-state index in [1.807, 2.05) is 6.92 Å². The summed E-state index contributed by atoms with van der Waals surface area (Å²) in [6.45, 7) is 4.98. The average molecular weight is 315 g/mol. The van der Waals surface area contributed by atoms with Crippen molar-refractivity contribution < 1.29 is 4.42 Å². The van der Waals surface area contributed by atoms with Crippen molar-refractivity contribution in [3.8, 4) is 0 Å². The van der Waals surface area contributed by atoms with Crippen molar-refractivity contribution in [2.45, 2.75) is 26.3 Å². The van der Waals surface area contributed by atoms with E-state index in [9.17, 15) is 0 Å². The number of aromatic nitrogens is 1. The van der Waals surface area contributed by atoms with Gasteiger partial charge in [0.05, 0.1) is 6.04 Å². The SMILES string of the molecule is CCCNC(c1coc(C)n1)c1sccc1Br. The highest BCUT2D eigenvalue weighted by atomic mass is 79.9. The molecule has 0 aliphatic carbocycles. The largest absolute Gasteiger partial charge is 0.449 e. The van der Waals surface area contributed by atoms with Crippen molar-refractivity contribution in [2.75, 3.05) is 6.54 Å². The van der Waals surface area contributed by atoms with Crippen LogP contribution in [0.5, 0.6) is 0 Å². The molecule has 1 atom stereocenters. The van der Waals surface area contributed by atoms with E-state index >= 15 is 0 Å². The Morgan fingerprint density at radius 1 is 1.59 bits per heavy atom. The molecule has 0 radical (unpaired) electrons. The van der Waals surface area contributed by atoms with Gasteiger partial charge in [-0.3, -0.25) is 0 Å². The van der Waals surface area contributed by atoms with Gasteiger partial charge in [-0.15, -0.1) is 11.3 Å². The zero-order valence-electron chi connectivity index (χ0n) is 9.87. The van der Waals surface area contributed by atoms with Crippen molar-refractivity contribution in [3.63, 3.8) is 0 Å². The first-order chi connectivity index (χ1) is 8.22. The number of thiophene rings is 1.